The Morgan fingerprint density at radius 1 is 1.24 bits per heavy atom. The number of benzene rings is 1. The molecule has 8 heteroatoms. The molecule has 3 N–H and O–H groups in total. The summed E-state index contributed by atoms with van der Waals surface area (Å²) in [5.41, 5.74) is 9.10. The Hall–Kier alpha value is -3.39. The Labute approximate surface area is 200 Å². The number of nitrogens with one attached hydrogen (secondary N) is 1. The zero-order valence-corrected chi connectivity index (χ0v) is 20.6. The van der Waals surface area contributed by atoms with Gasteiger partial charge in [-0.2, -0.15) is 0 Å². The molecule has 3 amide bonds. The van der Waals surface area contributed by atoms with Gasteiger partial charge in [0.2, 0.25) is 0 Å². The van der Waals surface area contributed by atoms with Gasteiger partial charge >= 0.3 is 6.03 Å². The van der Waals surface area contributed by atoms with Crippen molar-refractivity contribution in [3.63, 3.8) is 0 Å². The number of nitrogens with two attached hydrogens (primary N) is 1. The molecule has 3 aromatic rings. The summed E-state index contributed by atoms with van der Waals surface area (Å²) >= 11 is 0. The fourth-order valence-electron chi connectivity index (χ4n) is 4.80. The van der Waals surface area contributed by atoms with Gasteiger partial charge in [-0.25, -0.2) is 9.78 Å². The number of amides is 3. The highest BCUT2D eigenvalue weighted by atomic mass is 16.2. The summed E-state index contributed by atoms with van der Waals surface area (Å²) in [5.74, 6) is 0.292. The van der Waals surface area contributed by atoms with Crippen LogP contribution in [-0.2, 0) is 6.54 Å². The summed E-state index contributed by atoms with van der Waals surface area (Å²) in [4.78, 5) is 33.8. The lowest BCUT2D eigenvalue weighted by atomic mass is 10.1. The van der Waals surface area contributed by atoms with Crippen LogP contribution in [0.3, 0.4) is 0 Å². The summed E-state index contributed by atoms with van der Waals surface area (Å²) < 4.78 is 2.01. The standard InChI is InChI=1S/C26H34N6O2/c1-6-31-21-9-7-8-17(2)20(21)14-22(31)24(33)29-18-10-11-23(28-15-18)32(25(27)34)19-12-13-30(16-19)26(3,4)5/h7-11,14-15,19H,6,12-13,16H2,1-5H3,(H2,27,34)(H,29,33)/t19-/m0/s1. The van der Waals surface area contributed by atoms with Crippen molar-refractivity contribution in [3.05, 3.63) is 53.9 Å². The first kappa shape index (κ1) is 23.8. The normalized spacial score (nSPS) is 16.7. The van der Waals surface area contributed by atoms with Crippen LogP contribution in [0.1, 0.15) is 50.2 Å². The van der Waals surface area contributed by atoms with Crippen molar-refractivity contribution in [1.29, 1.82) is 0 Å². The topological polar surface area (TPSA) is 96.5 Å². The molecule has 4 rings (SSSR count). The van der Waals surface area contributed by atoms with E-state index in [1.54, 1.807) is 23.2 Å². The van der Waals surface area contributed by atoms with Gasteiger partial charge in [0.1, 0.15) is 11.5 Å². The number of urea groups is 1. The highest BCUT2D eigenvalue weighted by molar-refractivity contribution is 6.06. The highest BCUT2D eigenvalue weighted by Crippen LogP contribution is 2.27. The van der Waals surface area contributed by atoms with Gasteiger partial charge in [-0.1, -0.05) is 12.1 Å². The lowest BCUT2D eigenvalue weighted by Crippen LogP contribution is -2.47. The number of pyridine rings is 1. The van der Waals surface area contributed by atoms with Gasteiger partial charge in [0.25, 0.3) is 5.91 Å². The summed E-state index contributed by atoms with van der Waals surface area (Å²) in [5, 5.41) is 4.01. The van der Waals surface area contributed by atoms with E-state index in [2.05, 4.69) is 36.0 Å². The molecule has 1 aromatic carbocycles. The van der Waals surface area contributed by atoms with Crippen molar-refractivity contribution >= 4 is 34.3 Å². The number of likely N-dealkylation sites (tertiary alicyclic amines) is 1. The summed E-state index contributed by atoms with van der Waals surface area (Å²) in [7, 11) is 0. The second-order valence-corrected chi connectivity index (χ2v) is 9.91. The lowest BCUT2D eigenvalue weighted by Gasteiger charge is -2.33. The van der Waals surface area contributed by atoms with Crippen molar-refractivity contribution < 1.29 is 9.59 Å². The van der Waals surface area contributed by atoms with E-state index in [-0.39, 0.29) is 17.5 Å². The molecule has 0 saturated carbocycles. The van der Waals surface area contributed by atoms with Crippen LogP contribution < -0.4 is 16.0 Å². The number of nitrogens with zero attached hydrogens (tertiary/aromatic N) is 4. The summed E-state index contributed by atoms with van der Waals surface area (Å²) in [6, 6.07) is 11.0. The minimum atomic E-state index is -0.520. The number of primary amides is 1. The first-order valence-corrected chi connectivity index (χ1v) is 11.8. The van der Waals surface area contributed by atoms with Crippen molar-refractivity contribution in [2.45, 2.75) is 59.2 Å². The van der Waals surface area contributed by atoms with Crippen LogP contribution in [0.15, 0.2) is 42.6 Å². The quantitative estimate of drug-likeness (QED) is 0.588. The molecule has 1 aliphatic rings. The van der Waals surface area contributed by atoms with E-state index >= 15 is 0 Å². The van der Waals surface area contributed by atoms with E-state index < -0.39 is 6.03 Å². The molecule has 34 heavy (non-hydrogen) atoms. The molecular formula is C26H34N6O2. The molecule has 1 atom stereocenters. The number of carbonyl (C=O) groups excluding carboxylic acids is 2. The number of aromatic nitrogens is 2. The average Bonchev–Trinajstić information content (AvgIpc) is 3.40. The number of rotatable bonds is 5. The Bertz CT molecular complexity index is 1210. The molecule has 0 unspecified atom stereocenters. The second kappa shape index (κ2) is 9.10. The molecule has 0 aliphatic carbocycles. The number of hydrogen-bond acceptors (Lipinski definition) is 4. The number of aryl methyl sites for hydroxylation is 2. The third kappa shape index (κ3) is 4.50. The van der Waals surface area contributed by atoms with E-state index in [1.165, 1.54) is 0 Å². The van der Waals surface area contributed by atoms with Crippen LogP contribution in [0, 0.1) is 6.92 Å². The third-order valence-corrected chi connectivity index (χ3v) is 6.68. The molecule has 180 valence electrons. The lowest BCUT2D eigenvalue weighted by molar-refractivity contribution is 0.101. The number of anilines is 2. The van der Waals surface area contributed by atoms with Crippen LogP contribution in [-0.4, -0.2) is 51.1 Å². The van der Waals surface area contributed by atoms with E-state index in [9.17, 15) is 9.59 Å². The van der Waals surface area contributed by atoms with Gasteiger partial charge < -0.3 is 15.6 Å². The van der Waals surface area contributed by atoms with Gasteiger partial charge in [0.05, 0.1) is 17.9 Å². The fraction of sp³-hybridized carbons (Fsp3) is 0.423. The summed E-state index contributed by atoms with van der Waals surface area (Å²) in [6.07, 6.45) is 2.41. The number of fused-ring (bicyclic) bond motifs is 1. The van der Waals surface area contributed by atoms with Crippen LogP contribution in [0.25, 0.3) is 10.9 Å². The largest absolute Gasteiger partial charge is 0.351 e. The second-order valence-electron chi connectivity index (χ2n) is 9.91. The fourth-order valence-corrected chi connectivity index (χ4v) is 4.80. The Morgan fingerprint density at radius 2 is 2.00 bits per heavy atom. The molecule has 2 aromatic heterocycles. The van der Waals surface area contributed by atoms with E-state index in [0.717, 1.165) is 36.0 Å². The van der Waals surface area contributed by atoms with Crippen LogP contribution in [0.4, 0.5) is 16.3 Å². The molecule has 0 radical (unpaired) electrons. The van der Waals surface area contributed by atoms with Crippen LogP contribution in [0.5, 0.6) is 0 Å². The van der Waals surface area contributed by atoms with Crippen molar-refractivity contribution in [2.75, 3.05) is 23.3 Å². The molecule has 8 nitrogen and oxygen atoms in total. The predicted octanol–water partition coefficient (Wildman–Crippen LogP) is 4.37. The monoisotopic (exact) mass is 462 g/mol. The van der Waals surface area contributed by atoms with Gasteiger partial charge in [-0.05, 0) is 70.9 Å². The van der Waals surface area contributed by atoms with Gasteiger partial charge in [-0.15, -0.1) is 0 Å². The number of carbonyl (C=O) groups is 2. The maximum absolute atomic E-state index is 13.1. The Kier molecular flexibility index (Phi) is 6.36. The van der Waals surface area contributed by atoms with Crippen molar-refractivity contribution in [1.82, 2.24) is 14.5 Å². The summed E-state index contributed by atoms with van der Waals surface area (Å²) in [6.45, 7) is 12.9. The van der Waals surface area contributed by atoms with Gasteiger partial charge in [0, 0.05) is 36.1 Å². The van der Waals surface area contributed by atoms with E-state index in [0.29, 0.717) is 23.7 Å². The van der Waals surface area contributed by atoms with Crippen molar-refractivity contribution in [2.24, 2.45) is 5.73 Å². The van der Waals surface area contributed by atoms with Gasteiger partial charge in [-0.3, -0.25) is 14.6 Å². The minimum absolute atomic E-state index is 0.0269. The molecule has 0 spiro atoms. The Balaban J connectivity index is 1.53. The molecule has 0 bridgehead atoms. The predicted molar refractivity (Wildman–Crippen MR) is 136 cm³/mol. The molecular weight excluding hydrogens is 428 g/mol. The third-order valence-electron chi connectivity index (χ3n) is 6.68. The molecule has 1 fully saturated rings. The number of hydrogen-bond donors (Lipinski definition) is 2. The smallest absolute Gasteiger partial charge is 0.320 e. The SMILES string of the molecule is CCn1c(C(=O)Nc2ccc(N(C(N)=O)[C@H]3CCN(C(C)(C)C)C3)nc2)cc2c(C)cccc21. The maximum Gasteiger partial charge on any atom is 0.320 e. The minimum Gasteiger partial charge on any atom is -0.351 e. The average molecular weight is 463 g/mol. The molecule has 1 aliphatic heterocycles. The zero-order valence-electron chi connectivity index (χ0n) is 20.6. The highest BCUT2D eigenvalue weighted by Gasteiger charge is 2.35. The van der Waals surface area contributed by atoms with Crippen molar-refractivity contribution in [3.8, 4) is 0 Å². The Morgan fingerprint density at radius 3 is 2.59 bits per heavy atom. The van der Waals surface area contributed by atoms with Crippen LogP contribution >= 0.6 is 0 Å². The molecule has 1 saturated heterocycles. The first-order chi connectivity index (χ1) is 16.1. The van der Waals surface area contributed by atoms with E-state index in [4.69, 9.17) is 5.73 Å². The van der Waals surface area contributed by atoms with Crippen LogP contribution in [0.2, 0.25) is 0 Å². The zero-order chi connectivity index (χ0) is 24.6. The van der Waals surface area contributed by atoms with E-state index in [1.807, 2.05) is 42.7 Å². The maximum atomic E-state index is 13.1. The van der Waals surface area contributed by atoms with Gasteiger partial charge in [0.15, 0.2) is 0 Å². The first-order valence-electron chi connectivity index (χ1n) is 11.8. The molecule has 3 heterocycles.